The molecule has 0 saturated heterocycles. The highest BCUT2D eigenvalue weighted by Gasteiger charge is 2.04. The van der Waals surface area contributed by atoms with E-state index in [9.17, 15) is 0 Å². The summed E-state index contributed by atoms with van der Waals surface area (Å²) in [5.74, 6) is 0.928. The van der Waals surface area contributed by atoms with E-state index in [2.05, 4.69) is 18.0 Å². The maximum Gasteiger partial charge on any atom is 0.130 e. The van der Waals surface area contributed by atoms with E-state index in [0.29, 0.717) is 0 Å². The van der Waals surface area contributed by atoms with E-state index in [1.54, 1.807) is 7.11 Å². The molecule has 0 aliphatic carbocycles. The Kier molecular flexibility index (Phi) is 3.40. The zero-order valence-electron chi connectivity index (χ0n) is 9.86. The minimum Gasteiger partial charge on any atom is -0.496 e. The van der Waals surface area contributed by atoms with Crippen LogP contribution in [0.25, 0.3) is 10.9 Å². The lowest BCUT2D eigenvalue weighted by atomic mass is 10.1. The Labute approximate surface area is 96.3 Å². The lowest BCUT2D eigenvalue weighted by Gasteiger charge is -2.08. The standard InChI is InChI=1S/C14H17NO/c1-3-4-7-11-10-14(16-2)12-8-5-6-9-13(12)15-11/h5-6,8-10H,3-4,7H2,1-2H3. The molecular weight excluding hydrogens is 198 g/mol. The van der Waals surface area contributed by atoms with E-state index in [-0.39, 0.29) is 0 Å². The molecule has 0 fully saturated rings. The Bertz CT molecular complexity index is 479. The van der Waals surface area contributed by atoms with Crippen LogP contribution >= 0.6 is 0 Å². The molecule has 1 aromatic carbocycles. The fraction of sp³-hybridized carbons (Fsp3) is 0.357. The van der Waals surface area contributed by atoms with Crippen molar-refractivity contribution in [2.24, 2.45) is 0 Å². The number of para-hydroxylation sites is 1. The number of ether oxygens (including phenoxy) is 1. The van der Waals surface area contributed by atoms with Gasteiger partial charge in [0, 0.05) is 17.1 Å². The quantitative estimate of drug-likeness (QED) is 0.777. The highest BCUT2D eigenvalue weighted by molar-refractivity contribution is 5.85. The van der Waals surface area contributed by atoms with E-state index in [1.807, 2.05) is 24.3 Å². The van der Waals surface area contributed by atoms with E-state index < -0.39 is 0 Å². The number of aryl methyl sites for hydroxylation is 1. The van der Waals surface area contributed by atoms with E-state index >= 15 is 0 Å². The topological polar surface area (TPSA) is 22.1 Å². The molecule has 0 amide bonds. The lowest BCUT2D eigenvalue weighted by molar-refractivity contribution is 0.418. The molecule has 1 heterocycles. The Balaban J connectivity index is 2.46. The summed E-state index contributed by atoms with van der Waals surface area (Å²) in [7, 11) is 1.71. The van der Waals surface area contributed by atoms with Crippen molar-refractivity contribution in [2.45, 2.75) is 26.2 Å². The van der Waals surface area contributed by atoms with Crippen molar-refractivity contribution in [3.63, 3.8) is 0 Å². The minimum atomic E-state index is 0.928. The summed E-state index contributed by atoms with van der Waals surface area (Å²) in [6, 6.07) is 10.2. The summed E-state index contributed by atoms with van der Waals surface area (Å²) in [5, 5.41) is 1.09. The van der Waals surface area contributed by atoms with Gasteiger partial charge in [-0.15, -0.1) is 0 Å². The van der Waals surface area contributed by atoms with Gasteiger partial charge in [-0.2, -0.15) is 0 Å². The number of aromatic nitrogens is 1. The molecule has 2 heteroatoms. The van der Waals surface area contributed by atoms with Gasteiger partial charge in [-0.1, -0.05) is 25.5 Å². The van der Waals surface area contributed by atoms with Gasteiger partial charge in [0.2, 0.25) is 0 Å². The van der Waals surface area contributed by atoms with Crippen LogP contribution in [0.5, 0.6) is 5.75 Å². The van der Waals surface area contributed by atoms with Crippen LogP contribution in [0.1, 0.15) is 25.5 Å². The number of pyridine rings is 1. The maximum absolute atomic E-state index is 5.41. The Morgan fingerprint density at radius 2 is 2.06 bits per heavy atom. The molecule has 16 heavy (non-hydrogen) atoms. The van der Waals surface area contributed by atoms with Crippen molar-refractivity contribution in [3.8, 4) is 5.75 Å². The molecule has 2 nitrogen and oxygen atoms in total. The number of nitrogens with zero attached hydrogens (tertiary/aromatic N) is 1. The van der Waals surface area contributed by atoms with Gasteiger partial charge in [0.15, 0.2) is 0 Å². The van der Waals surface area contributed by atoms with Gasteiger partial charge in [0.1, 0.15) is 5.75 Å². The van der Waals surface area contributed by atoms with Crippen LogP contribution < -0.4 is 4.74 Å². The van der Waals surface area contributed by atoms with Crippen molar-refractivity contribution in [2.75, 3.05) is 7.11 Å². The van der Waals surface area contributed by atoms with Crippen LogP contribution in [0.3, 0.4) is 0 Å². The summed E-state index contributed by atoms with van der Waals surface area (Å²) in [4.78, 5) is 4.64. The van der Waals surface area contributed by atoms with Crippen molar-refractivity contribution in [3.05, 3.63) is 36.0 Å². The largest absolute Gasteiger partial charge is 0.496 e. The van der Waals surface area contributed by atoms with Crippen LogP contribution in [0.4, 0.5) is 0 Å². The van der Waals surface area contributed by atoms with Crippen LogP contribution in [0, 0.1) is 0 Å². The third-order valence-electron chi connectivity index (χ3n) is 2.74. The number of rotatable bonds is 4. The zero-order valence-corrected chi connectivity index (χ0v) is 9.86. The van der Waals surface area contributed by atoms with E-state index in [0.717, 1.165) is 28.8 Å². The third-order valence-corrected chi connectivity index (χ3v) is 2.74. The average Bonchev–Trinajstić information content (AvgIpc) is 2.35. The zero-order chi connectivity index (χ0) is 11.4. The Hall–Kier alpha value is -1.57. The smallest absolute Gasteiger partial charge is 0.130 e. The molecule has 84 valence electrons. The van der Waals surface area contributed by atoms with Crippen molar-refractivity contribution in [1.82, 2.24) is 4.98 Å². The fourth-order valence-electron chi connectivity index (χ4n) is 1.85. The highest BCUT2D eigenvalue weighted by atomic mass is 16.5. The van der Waals surface area contributed by atoms with Crippen LogP contribution in [-0.4, -0.2) is 12.1 Å². The van der Waals surface area contributed by atoms with Crippen molar-refractivity contribution < 1.29 is 4.74 Å². The fourth-order valence-corrected chi connectivity index (χ4v) is 1.85. The van der Waals surface area contributed by atoms with Crippen LogP contribution in [-0.2, 0) is 6.42 Å². The number of hydrogen-bond donors (Lipinski definition) is 0. The van der Waals surface area contributed by atoms with Gasteiger partial charge in [-0.3, -0.25) is 4.98 Å². The molecule has 0 atom stereocenters. The second-order valence-corrected chi connectivity index (χ2v) is 3.94. The van der Waals surface area contributed by atoms with E-state index in [4.69, 9.17) is 4.74 Å². The number of fused-ring (bicyclic) bond motifs is 1. The lowest BCUT2D eigenvalue weighted by Crippen LogP contribution is -1.94. The van der Waals surface area contributed by atoms with Gasteiger partial charge in [0.05, 0.1) is 12.6 Å². The predicted molar refractivity (Wildman–Crippen MR) is 66.9 cm³/mol. The van der Waals surface area contributed by atoms with Crippen molar-refractivity contribution in [1.29, 1.82) is 0 Å². The highest BCUT2D eigenvalue weighted by Crippen LogP contribution is 2.25. The summed E-state index contributed by atoms with van der Waals surface area (Å²) in [6.07, 6.45) is 3.39. The first-order chi connectivity index (χ1) is 7.85. The second-order valence-electron chi connectivity index (χ2n) is 3.94. The number of benzene rings is 1. The summed E-state index contributed by atoms with van der Waals surface area (Å²) in [6.45, 7) is 2.19. The van der Waals surface area contributed by atoms with Crippen LogP contribution in [0.2, 0.25) is 0 Å². The molecule has 0 N–H and O–H groups in total. The molecule has 2 rings (SSSR count). The normalized spacial score (nSPS) is 10.6. The molecule has 0 saturated carbocycles. The third kappa shape index (κ3) is 2.16. The van der Waals surface area contributed by atoms with Gasteiger partial charge < -0.3 is 4.74 Å². The minimum absolute atomic E-state index is 0.928. The molecule has 0 bridgehead atoms. The molecule has 2 aromatic rings. The molecule has 0 aliphatic rings. The number of unbranched alkanes of at least 4 members (excludes halogenated alkanes) is 1. The van der Waals surface area contributed by atoms with Crippen LogP contribution in [0.15, 0.2) is 30.3 Å². The SMILES string of the molecule is CCCCc1cc(OC)c2ccccc2n1. The first kappa shape index (κ1) is 10.9. The van der Waals surface area contributed by atoms with Gasteiger partial charge in [0.25, 0.3) is 0 Å². The first-order valence-corrected chi connectivity index (χ1v) is 5.77. The molecule has 0 spiro atoms. The van der Waals surface area contributed by atoms with Crippen molar-refractivity contribution >= 4 is 10.9 Å². The molecule has 1 aromatic heterocycles. The van der Waals surface area contributed by atoms with Gasteiger partial charge in [-0.05, 0) is 25.0 Å². The van der Waals surface area contributed by atoms with E-state index in [1.165, 1.54) is 12.8 Å². The van der Waals surface area contributed by atoms with Gasteiger partial charge >= 0.3 is 0 Å². The molecule has 0 aliphatic heterocycles. The first-order valence-electron chi connectivity index (χ1n) is 5.77. The Morgan fingerprint density at radius 3 is 2.81 bits per heavy atom. The number of hydrogen-bond acceptors (Lipinski definition) is 2. The predicted octanol–water partition coefficient (Wildman–Crippen LogP) is 3.59. The number of methoxy groups -OCH3 is 1. The molecule has 0 unspecified atom stereocenters. The van der Waals surface area contributed by atoms with Gasteiger partial charge in [-0.25, -0.2) is 0 Å². The molecule has 0 radical (unpaired) electrons. The Morgan fingerprint density at radius 1 is 1.25 bits per heavy atom. The summed E-state index contributed by atoms with van der Waals surface area (Å²) >= 11 is 0. The maximum atomic E-state index is 5.41. The summed E-state index contributed by atoms with van der Waals surface area (Å²) < 4.78 is 5.41. The monoisotopic (exact) mass is 215 g/mol. The molecular formula is C14H17NO. The summed E-state index contributed by atoms with van der Waals surface area (Å²) in [5.41, 5.74) is 2.14. The average molecular weight is 215 g/mol. The second kappa shape index (κ2) is 4.97.